The molecule has 0 saturated heterocycles. The number of Topliss-reactive ketones (excluding diaryl/α,β-unsaturated/α-hetero) is 1. The molecule has 9 nitrogen and oxygen atoms in total. The van der Waals surface area contributed by atoms with E-state index in [1.54, 1.807) is 31.4 Å². The quantitative estimate of drug-likeness (QED) is 0.335. The summed E-state index contributed by atoms with van der Waals surface area (Å²) < 4.78 is 11.4. The van der Waals surface area contributed by atoms with E-state index in [-0.39, 0.29) is 17.6 Å². The first-order valence-electron chi connectivity index (χ1n) is 10.7. The Morgan fingerprint density at radius 2 is 2.00 bits per heavy atom. The fourth-order valence-corrected chi connectivity index (χ4v) is 4.18. The Hall–Kier alpha value is -4.53. The number of carbonyl (C=O) groups excluding carboxylic acids is 2. The lowest BCUT2D eigenvalue weighted by atomic mass is 10.0. The topological polar surface area (TPSA) is 121 Å². The van der Waals surface area contributed by atoms with Crippen molar-refractivity contribution in [1.29, 1.82) is 0 Å². The summed E-state index contributed by atoms with van der Waals surface area (Å²) in [5, 5.41) is 13.4. The summed E-state index contributed by atoms with van der Waals surface area (Å²) in [6, 6.07) is 10.3. The molecule has 2 aromatic heterocycles. The maximum Gasteiger partial charge on any atom is 0.318 e. The highest BCUT2D eigenvalue weighted by Crippen LogP contribution is 2.39. The van der Waals surface area contributed by atoms with Gasteiger partial charge in [-0.3, -0.25) is 9.89 Å². The lowest BCUT2D eigenvalue weighted by molar-refractivity contribution is 0.101. The van der Waals surface area contributed by atoms with Gasteiger partial charge in [0.05, 0.1) is 24.1 Å². The third-order valence-corrected chi connectivity index (χ3v) is 5.85. The summed E-state index contributed by atoms with van der Waals surface area (Å²) in [5.41, 5.74) is 6.07. The molecular formula is C25H23N5O4. The number of hydrogen-bond donors (Lipinski definition) is 4. The first-order chi connectivity index (χ1) is 16.4. The zero-order chi connectivity index (χ0) is 24.0. The zero-order valence-electron chi connectivity index (χ0n) is 19.1. The zero-order valence-corrected chi connectivity index (χ0v) is 19.1. The number of rotatable bonds is 4. The van der Waals surface area contributed by atoms with Crippen LogP contribution in [-0.4, -0.2) is 41.2 Å². The number of methoxy groups -OCH3 is 1. The molecule has 0 unspecified atom stereocenters. The van der Waals surface area contributed by atoms with Gasteiger partial charge in [-0.1, -0.05) is 0 Å². The monoisotopic (exact) mass is 457 g/mol. The van der Waals surface area contributed by atoms with Crippen molar-refractivity contribution in [3.05, 3.63) is 64.7 Å². The Labute approximate surface area is 195 Å². The van der Waals surface area contributed by atoms with Gasteiger partial charge in [-0.15, -0.1) is 0 Å². The van der Waals surface area contributed by atoms with Crippen molar-refractivity contribution in [2.75, 3.05) is 19.5 Å². The molecule has 1 aliphatic rings. The fraction of sp³-hybridized carbons (Fsp3) is 0.160. The predicted octanol–water partition coefficient (Wildman–Crippen LogP) is 4.55. The lowest BCUT2D eigenvalue weighted by Crippen LogP contribution is -2.24. The number of aryl methyl sites for hydroxylation is 2. The van der Waals surface area contributed by atoms with Crippen LogP contribution in [0.3, 0.4) is 0 Å². The van der Waals surface area contributed by atoms with Gasteiger partial charge in [-0.25, -0.2) is 4.79 Å². The van der Waals surface area contributed by atoms with Gasteiger partial charge in [0, 0.05) is 40.5 Å². The van der Waals surface area contributed by atoms with Crippen molar-refractivity contribution in [3.8, 4) is 22.8 Å². The molecule has 1 aliphatic heterocycles. The Balaban J connectivity index is 1.64. The molecule has 0 atom stereocenters. The van der Waals surface area contributed by atoms with Crippen LogP contribution in [0.5, 0.6) is 11.5 Å². The summed E-state index contributed by atoms with van der Waals surface area (Å²) in [6.45, 7) is 3.88. The van der Waals surface area contributed by atoms with Crippen molar-refractivity contribution in [2.45, 2.75) is 13.8 Å². The normalized spacial score (nSPS) is 13.8. The Kier molecular flexibility index (Phi) is 5.09. The fourth-order valence-electron chi connectivity index (χ4n) is 4.18. The first kappa shape index (κ1) is 21.3. The molecule has 0 fully saturated rings. The number of hydrogen-bond acceptors (Lipinski definition) is 5. The van der Waals surface area contributed by atoms with Gasteiger partial charge in [0.25, 0.3) is 0 Å². The SMILES string of the molecule is CNC(=O)Nc1ccc2c(c1)C(=O)/C(=C/c1c(-c3c(C)n[nH]c3C)[nH]c3ccc(OC)cc13)O2. The number of aromatic amines is 2. The van der Waals surface area contributed by atoms with Crippen LogP contribution in [0.25, 0.3) is 28.2 Å². The molecule has 4 N–H and O–H groups in total. The third-order valence-electron chi connectivity index (χ3n) is 5.85. The number of benzene rings is 2. The van der Waals surface area contributed by atoms with Crippen LogP contribution in [0.4, 0.5) is 10.5 Å². The Morgan fingerprint density at radius 3 is 2.71 bits per heavy atom. The first-order valence-corrected chi connectivity index (χ1v) is 10.7. The summed E-state index contributed by atoms with van der Waals surface area (Å²) in [6.07, 6.45) is 1.74. The number of urea groups is 1. The standard InChI is InChI=1S/C25H23N5O4/c1-12-22(13(2)30-29-12)23-17(16-10-15(33-4)6-7-19(16)28-23)11-21-24(31)18-9-14(27-25(32)26-3)5-8-20(18)34-21/h5-11,28H,1-4H3,(H,29,30)(H2,26,27,32)/b21-11-. The van der Waals surface area contributed by atoms with Gasteiger partial charge in [0.15, 0.2) is 5.76 Å². The van der Waals surface area contributed by atoms with E-state index >= 15 is 0 Å². The van der Waals surface area contributed by atoms with Crippen LogP contribution in [0.15, 0.2) is 42.2 Å². The minimum atomic E-state index is -0.370. The van der Waals surface area contributed by atoms with Crippen LogP contribution in [0.2, 0.25) is 0 Å². The molecule has 0 aliphatic carbocycles. The van der Waals surface area contributed by atoms with Crippen LogP contribution in [0.1, 0.15) is 27.3 Å². The lowest BCUT2D eigenvalue weighted by Gasteiger charge is -2.05. The number of nitrogens with zero attached hydrogens (tertiary/aromatic N) is 1. The van der Waals surface area contributed by atoms with E-state index in [1.165, 1.54) is 7.05 Å². The van der Waals surface area contributed by atoms with Crippen LogP contribution >= 0.6 is 0 Å². The van der Waals surface area contributed by atoms with Crippen LogP contribution < -0.4 is 20.1 Å². The Morgan fingerprint density at radius 1 is 1.18 bits per heavy atom. The number of ketones is 1. The number of nitrogens with one attached hydrogen (secondary N) is 4. The summed E-state index contributed by atoms with van der Waals surface area (Å²) in [5.74, 6) is 1.06. The van der Waals surface area contributed by atoms with E-state index in [0.29, 0.717) is 22.7 Å². The summed E-state index contributed by atoms with van der Waals surface area (Å²) >= 11 is 0. The van der Waals surface area contributed by atoms with Crippen molar-refractivity contribution < 1.29 is 19.1 Å². The molecule has 5 rings (SSSR count). The largest absolute Gasteiger partial charge is 0.497 e. The van der Waals surface area contributed by atoms with E-state index in [0.717, 1.165) is 39.1 Å². The molecule has 0 bridgehead atoms. The third kappa shape index (κ3) is 3.47. The second-order valence-electron chi connectivity index (χ2n) is 7.99. The molecule has 9 heteroatoms. The second-order valence-corrected chi connectivity index (χ2v) is 7.99. The number of aromatic nitrogens is 3. The van der Waals surface area contributed by atoms with Gasteiger partial charge in [-0.2, -0.15) is 5.10 Å². The number of fused-ring (bicyclic) bond motifs is 2. The molecule has 2 amide bonds. The highest BCUT2D eigenvalue weighted by Gasteiger charge is 2.29. The average molecular weight is 457 g/mol. The second kappa shape index (κ2) is 8.11. The highest BCUT2D eigenvalue weighted by atomic mass is 16.5. The van der Waals surface area contributed by atoms with Gasteiger partial charge in [0.1, 0.15) is 11.5 Å². The molecular weight excluding hydrogens is 434 g/mol. The highest BCUT2D eigenvalue weighted by molar-refractivity contribution is 6.16. The molecule has 3 heterocycles. The van der Waals surface area contributed by atoms with Gasteiger partial charge >= 0.3 is 6.03 Å². The van der Waals surface area contributed by atoms with E-state index < -0.39 is 0 Å². The number of ether oxygens (including phenoxy) is 2. The molecule has 0 saturated carbocycles. The molecule has 34 heavy (non-hydrogen) atoms. The smallest absolute Gasteiger partial charge is 0.318 e. The number of allylic oxidation sites excluding steroid dienone is 1. The van der Waals surface area contributed by atoms with Crippen LogP contribution in [0, 0.1) is 13.8 Å². The minimum absolute atomic E-state index is 0.191. The number of carbonyl (C=O) groups is 2. The molecule has 4 aromatic rings. The van der Waals surface area contributed by atoms with Crippen molar-refractivity contribution in [2.24, 2.45) is 0 Å². The van der Waals surface area contributed by atoms with Gasteiger partial charge in [-0.05, 0) is 56.3 Å². The van der Waals surface area contributed by atoms with Crippen LogP contribution in [-0.2, 0) is 0 Å². The summed E-state index contributed by atoms with van der Waals surface area (Å²) in [7, 11) is 3.14. The molecule has 0 spiro atoms. The van der Waals surface area contributed by atoms with E-state index in [1.807, 2.05) is 32.0 Å². The van der Waals surface area contributed by atoms with E-state index in [9.17, 15) is 9.59 Å². The molecule has 2 aromatic carbocycles. The van der Waals surface area contributed by atoms with Crippen molar-refractivity contribution >= 4 is 34.5 Å². The van der Waals surface area contributed by atoms with E-state index in [4.69, 9.17) is 9.47 Å². The predicted molar refractivity (Wildman–Crippen MR) is 129 cm³/mol. The number of H-pyrrole nitrogens is 2. The maximum absolute atomic E-state index is 13.2. The van der Waals surface area contributed by atoms with Crippen molar-refractivity contribution in [3.63, 3.8) is 0 Å². The van der Waals surface area contributed by atoms with Crippen molar-refractivity contribution in [1.82, 2.24) is 20.5 Å². The summed E-state index contributed by atoms with van der Waals surface area (Å²) in [4.78, 5) is 28.4. The number of anilines is 1. The average Bonchev–Trinajstić information content (AvgIpc) is 3.46. The number of amides is 2. The molecule has 172 valence electrons. The maximum atomic E-state index is 13.2. The van der Waals surface area contributed by atoms with E-state index in [2.05, 4.69) is 25.8 Å². The van der Waals surface area contributed by atoms with Gasteiger partial charge < -0.3 is 25.1 Å². The van der Waals surface area contributed by atoms with Gasteiger partial charge in [0.2, 0.25) is 5.78 Å². The Bertz CT molecular complexity index is 1480. The molecule has 0 radical (unpaired) electrons. The minimum Gasteiger partial charge on any atom is -0.497 e.